The van der Waals surface area contributed by atoms with Crippen LogP contribution in [0.5, 0.6) is 5.75 Å². The van der Waals surface area contributed by atoms with E-state index in [0.29, 0.717) is 0 Å². The highest BCUT2D eigenvalue weighted by atomic mass is 19.1. The third kappa shape index (κ3) is 7.93. The van der Waals surface area contributed by atoms with Crippen LogP contribution in [0.4, 0.5) is 8.78 Å². The second-order valence-electron chi connectivity index (χ2n) is 10.9. The Hall–Kier alpha value is -4.21. The topological polar surface area (TPSA) is 116 Å². The molecule has 3 aromatic rings. The monoisotopic (exact) mass is 568 g/mol. The average molecular weight is 569 g/mol. The fraction of sp³-hybridized carbons (Fsp3) is 0.387. The molecular weight excluding hydrogens is 534 g/mol. The van der Waals surface area contributed by atoms with Crippen LogP contribution in [-0.2, 0) is 26.3 Å². The third-order valence-electron chi connectivity index (χ3n) is 6.86. The number of carboxylic acid groups (broad SMARTS) is 1. The number of carbonyl (C=O) groups excluding carboxylic acids is 2. The van der Waals surface area contributed by atoms with Crippen molar-refractivity contribution in [3.05, 3.63) is 93.4 Å². The Balaban J connectivity index is 1.82. The Kier molecular flexibility index (Phi) is 10.3. The summed E-state index contributed by atoms with van der Waals surface area (Å²) in [5.74, 6) is -7.67. The summed E-state index contributed by atoms with van der Waals surface area (Å²) in [6.45, 7) is 7.27. The quantitative estimate of drug-likeness (QED) is 0.307. The van der Waals surface area contributed by atoms with Gasteiger partial charge in [-0.05, 0) is 41.2 Å². The van der Waals surface area contributed by atoms with E-state index >= 15 is 0 Å². The second kappa shape index (κ2) is 13.4. The maximum Gasteiger partial charge on any atom is 0.304 e. The number of Topliss-reactive ketones (excluding diaryl/α,β-unsaturated/α-hetero) is 2. The number of aromatic nitrogens is 2. The van der Waals surface area contributed by atoms with Crippen LogP contribution in [0.25, 0.3) is 0 Å². The van der Waals surface area contributed by atoms with Crippen molar-refractivity contribution in [2.75, 3.05) is 6.61 Å². The summed E-state index contributed by atoms with van der Waals surface area (Å²) in [4.78, 5) is 51.1. The highest BCUT2D eigenvalue weighted by Crippen LogP contribution is 2.27. The molecule has 0 saturated heterocycles. The Bertz CT molecular complexity index is 1460. The molecule has 0 radical (unpaired) electrons. The first kappa shape index (κ1) is 31.3. The van der Waals surface area contributed by atoms with Crippen LogP contribution >= 0.6 is 0 Å². The van der Waals surface area contributed by atoms with Gasteiger partial charge in [0.1, 0.15) is 12.4 Å². The van der Waals surface area contributed by atoms with Gasteiger partial charge in [-0.1, -0.05) is 58.0 Å². The summed E-state index contributed by atoms with van der Waals surface area (Å²) in [7, 11) is 0. The number of aliphatic carboxylic acids is 1. The Labute approximate surface area is 237 Å². The molecule has 0 amide bonds. The van der Waals surface area contributed by atoms with Crippen molar-refractivity contribution < 1.29 is 33.0 Å². The van der Waals surface area contributed by atoms with Gasteiger partial charge < -0.3 is 9.84 Å². The van der Waals surface area contributed by atoms with Crippen LogP contribution in [0.3, 0.4) is 0 Å². The van der Waals surface area contributed by atoms with E-state index in [1.165, 1.54) is 16.9 Å². The first-order valence-corrected chi connectivity index (χ1v) is 13.3. The molecule has 0 bridgehead atoms. The molecule has 0 spiro atoms. The van der Waals surface area contributed by atoms with Crippen molar-refractivity contribution >= 4 is 17.5 Å². The molecule has 10 heteroatoms. The molecule has 3 rings (SSSR count). The van der Waals surface area contributed by atoms with Gasteiger partial charge in [0.25, 0.3) is 5.56 Å². The molecule has 8 nitrogen and oxygen atoms in total. The van der Waals surface area contributed by atoms with Gasteiger partial charge >= 0.3 is 5.97 Å². The first-order chi connectivity index (χ1) is 19.3. The molecule has 0 aliphatic heterocycles. The molecule has 0 fully saturated rings. The highest BCUT2D eigenvalue weighted by molar-refractivity contribution is 5.93. The Morgan fingerprint density at radius 2 is 1.63 bits per heavy atom. The molecule has 1 N–H and O–H groups in total. The van der Waals surface area contributed by atoms with Gasteiger partial charge in [-0.15, -0.1) is 0 Å². The first-order valence-electron chi connectivity index (χ1n) is 13.3. The van der Waals surface area contributed by atoms with E-state index in [-0.39, 0.29) is 23.9 Å². The van der Waals surface area contributed by atoms with Gasteiger partial charge in [-0.2, -0.15) is 5.10 Å². The van der Waals surface area contributed by atoms with Crippen LogP contribution in [0.1, 0.15) is 69.6 Å². The van der Waals surface area contributed by atoms with E-state index in [2.05, 4.69) is 25.9 Å². The normalized spacial score (nSPS) is 12.9. The number of para-hydroxylation sites is 1. The van der Waals surface area contributed by atoms with Crippen molar-refractivity contribution in [3.63, 3.8) is 0 Å². The Morgan fingerprint density at radius 1 is 0.976 bits per heavy atom. The molecular formula is C31H34F2N2O6. The van der Waals surface area contributed by atoms with Gasteiger partial charge in [0, 0.05) is 30.0 Å². The third-order valence-corrected chi connectivity index (χ3v) is 6.86. The highest BCUT2D eigenvalue weighted by Gasteiger charge is 2.30. The van der Waals surface area contributed by atoms with Crippen LogP contribution in [-0.4, -0.2) is 39.0 Å². The summed E-state index contributed by atoms with van der Waals surface area (Å²) in [5, 5.41) is 13.6. The van der Waals surface area contributed by atoms with Gasteiger partial charge in [0.05, 0.1) is 13.0 Å². The van der Waals surface area contributed by atoms with E-state index < -0.39 is 71.8 Å². The van der Waals surface area contributed by atoms with E-state index in [4.69, 9.17) is 4.74 Å². The fourth-order valence-electron chi connectivity index (χ4n) is 4.79. The molecule has 1 heterocycles. The summed E-state index contributed by atoms with van der Waals surface area (Å²) in [5.41, 5.74) is 1.51. The summed E-state index contributed by atoms with van der Waals surface area (Å²) in [6, 6.07) is 12.2. The van der Waals surface area contributed by atoms with Crippen LogP contribution in [0.15, 0.2) is 59.5 Å². The zero-order chi connectivity index (χ0) is 30.3. The minimum Gasteiger partial charge on any atom is -0.481 e. The predicted octanol–water partition coefficient (Wildman–Crippen LogP) is 5.06. The zero-order valence-electron chi connectivity index (χ0n) is 23.5. The van der Waals surface area contributed by atoms with Gasteiger partial charge in [0.2, 0.25) is 0 Å². The van der Waals surface area contributed by atoms with Gasteiger partial charge in [0.15, 0.2) is 23.2 Å². The van der Waals surface area contributed by atoms with Crippen molar-refractivity contribution in [2.24, 2.45) is 5.92 Å². The predicted molar refractivity (Wildman–Crippen MR) is 148 cm³/mol. The SMILES string of the molecule is CC[C@H](C(=O)C[C@@H](CC(=O)O)C(=O)COc1c(F)cccc1F)c1ccnn(Cc2ccccc2C(C)(C)C)c1=O. The fourth-order valence-corrected chi connectivity index (χ4v) is 4.79. The second-order valence-corrected chi connectivity index (χ2v) is 10.9. The van der Waals surface area contributed by atoms with Gasteiger partial charge in [-0.3, -0.25) is 19.2 Å². The minimum atomic E-state index is -1.33. The number of hydrogen-bond acceptors (Lipinski definition) is 6. The zero-order valence-corrected chi connectivity index (χ0v) is 23.5. The summed E-state index contributed by atoms with van der Waals surface area (Å²) < 4.78 is 34.1. The van der Waals surface area contributed by atoms with E-state index in [9.17, 15) is 33.1 Å². The number of carboxylic acids is 1. The maximum atomic E-state index is 13.9. The van der Waals surface area contributed by atoms with Crippen LogP contribution < -0.4 is 10.3 Å². The largest absolute Gasteiger partial charge is 0.481 e. The molecule has 0 aliphatic carbocycles. The van der Waals surface area contributed by atoms with Crippen molar-refractivity contribution in [1.82, 2.24) is 9.78 Å². The Morgan fingerprint density at radius 3 is 2.24 bits per heavy atom. The molecule has 0 saturated carbocycles. The number of ketones is 2. The number of halogens is 2. The molecule has 218 valence electrons. The van der Waals surface area contributed by atoms with Crippen molar-refractivity contribution in [3.8, 4) is 5.75 Å². The molecule has 2 aromatic carbocycles. The lowest BCUT2D eigenvalue weighted by molar-refractivity contribution is -0.141. The number of rotatable bonds is 13. The number of ether oxygens (including phenoxy) is 1. The lowest BCUT2D eigenvalue weighted by atomic mass is 9.83. The van der Waals surface area contributed by atoms with Gasteiger partial charge in [-0.25, -0.2) is 13.5 Å². The average Bonchev–Trinajstić information content (AvgIpc) is 2.90. The number of nitrogens with zero attached hydrogens (tertiary/aromatic N) is 2. The summed E-state index contributed by atoms with van der Waals surface area (Å²) in [6.07, 6.45) is 0.486. The maximum absolute atomic E-state index is 13.9. The van der Waals surface area contributed by atoms with Crippen molar-refractivity contribution in [1.29, 1.82) is 0 Å². The van der Waals surface area contributed by atoms with Crippen LogP contribution in [0, 0.1) is 17.6 Å². The minimum absolute atomic E-state index is 0.173. The standard InChI is InChI=1S/C31H34F2N2O6/c1-5-21(22-13-14-34-35(30(22)40)17-19-9-6-7-10-23(19)31(2,3)4)26(36)15-20(16-28(38)39)27(37)18-41-29-24(32)11-8-12-25(29)33/h6-14,20-21H,5,15-18H2,1-4H3,(H,38,39)/t20-,21-/m0/s1. The molecule has 1 aromatic heterocycles. The smallest absolute Gasteiger partial charge is 0.304 e. The van der Waals surface area contributed by atoms with Crippen LogP contribution in [0.2, 0.25) is 0 Å². The van der Waals surface area contributed by atoms with E-state index in [1.807, 2.05) is 24.3 Å². The number of hydrogen-bond donors (Lipinski definition) is 1. The van der Waals surface area contributed by atoms with Crippen molar-refractivity contribution in [2.45, 2.75) is 64.8 Å². The number of benzene rings is 2. The number of carbonyl (C=O) groups is 3. The molecule has 0 unspecified atom stereocenters. The molecule has 2 atom stereocenters. The van der Waals surface area contributed by atoms with E-state index in [1.54, 1.807) is 6.92 Å². The molecule has 41 heavy (non-hydrogen) atoms. The molecule has 0 aliphatic rings. The van der Waals surface area contributed by atoms with E-state index in [0.717, 1.165) is 29.3 Å². The lowest BCUT2D eigenvalue weighted by Gasteiger charge is -2.23. The summed E-state index contributed by atoms with van der Waals surface area (Å²) >= 11 is 0. The lowest BCUT2D eigenvalue weighted by Crippen LogP contribution is -2.32.